The number of rotatable bonds is 4. The van der Waals surface area contributed by atoms with E-state index in [4.69, 9.17) is 0 Å². The molecule has 1 heterocycles. The summed E-state index contributed by atoms with van der Waals surface area (Å²) in [6.07, 6.45) is 1.68. The highest BCUT2D eigenvalue weighted by atomic mass is 19.1. The van der Waals surface area contributed by atoms with E-state index in [2.05, 4.69) is 10.3 Å². The van der Waals surface area contributed by atoms with E-state index in [0.29, 0.717) is 11.6 Å². The number of hydrogen-bond acceptors (Lipinski definition) is 3. The normalized spacial score (nSPS) is 11.9. The lowest BCUT2D eigenvalue weighted by Crippen LogP contribution is -2.28. The maximum Gasteiger partial charge on any atom is 0.251 e. The van der Waals surface area contributed by atoms with Gasteiger partial charge in [-0.1, -0.05) is 6.07 Å². The Balaban J connectivity index is 1.98. The fourth-order valence-corrected chi connectivity index (χ4v) is 1.68. The van der Waals surface area contributed by atoms with Crippen LogP contribution in [0.2, 0.25) is 0 Å². The third-order valence-corrected chi connectivity index (χ3v) is 2.72. The number of benzene rings is 1. The largest absolute Gasteiger partial charge is 0.386 e. The van der Waals surface area contributed by atoms with Gasteiger partial charge in [-0.2, -0.15) is 0 Å². The molecule has 1 aromatic heterocycles. The van der Waals surface area contributed by atoms with Crippen molar-refractivity contribution in [1.82, 2.24) is 10.3 Å². The summed E-state index contributed by atoms with van der Waals surface area (Å²) in [4.78, 5) is 15.5. The van der Waals surface area contributed by atoms with Crippen molar-refractivity contribution in [2.75, 3.05) is 6.54 Å². The van der Waals surface area contributed by atoms with Gasteiger partial charge in [0, 0.05) is 36.1 Å². The summed E-state index contributed by atoms with van der Waals surface area (Å²) in [7, 11) is 0. The molecule has 0 aliphatic heterocycles. The number of nitrogens with zero attached hydrogens (tertiary/aromatic N) is 1. The van der Waals surface area contributed by atoms with Crippen LogP contribution in [-0.2, 0) is 0 Å². The second kappa shape index (κ2) is 6.21. The Morgan fingerprint density at radius 2 is 1.95 bits per heavy atom. The molecular weight excluding hydrogens is 266 g/mol. The molecule has 0 radical (unpaired) electrons. The second-order valence-corrected chi connectivity index (χ2v) is 4.13. The number of aliphatic hydroxyl groups is 1. The first-order chi connectivity index (χ1) is 9.58. The Bertz CT molecular complexity index is 605. The number of nitrogens with one attached hydrogen (secondary N) is 1. The highest BCUT2D eigenvalue weighted by Crippen LogP contribution is 2.17. The lowest BCUT2D eigenvalue weighted by Gasteiger charge is -2.13. The van der Waals surface area contributed by atoms with Crippen molar-refractivity contribution in [3.63, 3.8) is 0 Å². The van der Waals surface area contributed by atoms with E-state index in [-0.39, 0.29) is 12.1 Å². The van der Waals surface area contributed by atoms with E-state index in [1.54, 1.807) is 0 Å². The Hall–Kier alpha value is -2.34. The zero-order chi connectivity index (χ0) is 14.5. The molecule has 0 aliphatic carbocycles. The fraction of sp³-hybridized carbons (Fsp3) is 0.143. The van der Waals surface area contributed by atoms with Crippen LogP contribution in [0.5, 0.6) is 0 Å². The van der Waals surface area contributed by atoms with Gasteiger partial charge in [0.15, 0.2) is 0 Å². The predicted molar refractivity (Wildman–Crippen MR) is 67.9 cm³/mol. The lowest BCUT2D eigenvalue weighted by atomic mass is 10.1. The minimum Gasteiger partial charge on any atom is -0.386 e. The standard InChI is InChI=1S/C14H12F2N2O2/c15-10-1-2-11(12(16)7-10)13(19)8-18-14(20)9-3-5-17-6-4-9/h1-7,13,19H,8H2,(H,18,20)/t13-/m0/s1. The molecule has 104 valence electrons. The minimum atomic E-state index is -1.25. The van der Waals surface area contributed by atoms with E-state index in [1.165, 1.54) is 24.5 Å². The van der Waals surface area contributed by atoms with Gasteiger partial charge in [-0.15, -0.1) is 0 Å². The van der Waals surface area contributed by atoms with Crippen molar-refractivity contribution in [1.29, 1.82) is 0 Å². The fourth-order valence-electron chi connectivity index (χ4n) is 1.68. The molecule has 0 saturated heterocycles. The van der Waals surface area contributed by atoms with Crippen LogP contribution in [0.4, 0.5) is 8.78 Å². The first kappa shape index (κ1) is 14.1. The molecule has 0 fully saturated rings. The van der Waals surface area contributed by atoms with Crippen molar-refractivity contribution >= 4 is 5.91 Å². The molecule has 1 amide bonds. The van der Waals surface area contributed by atoms with Gasteiger partial charge in [-0.25, -0.2) is 8.78 Å². The van der Waals surface area contributed by atoms with Gasteiger partial charge in [-0.3, -0.25) is 9.78 Å². The van der Waals surface area contributed by atoms with E-state index in [1.807, 2.05) is 0 Å². The summed E-state index contributed by atoms with van der Waals surface area (Å²) >= 11 is 0. The Labute approximate surface area is 114 Å². The number of halogens is 2. The van der Waals surface area contributed by atoms with Crippen LogP contribution >= 0.6 is 0 Å². The van der Waals surface area contributed by atoms with Crippen molar-refractivity contribution in [2.45, 2.75) is 6.10 Å². The molecule has 0 spiro atoms. The van der Waals surface area contributed by atoms with Crippen LogP contribution in [0.1, 0.15) is 22.0 Å². The number of aromatic nitrogens is 1. The molecule has 1 atom stereocenters. The molecule has 6 heteroatoms. The second-order valence-electron chi connectivity index (χ2n) is 4.13. The van der Waals surface area contributed by atoms with E-state index in [0.717, 1.165) is 12.1 Å². The van der Waals surface area contributed by atoms with Gasteiger partial charge in [-0.05, 0) is 18.2 Å². The Morgan fingerprint density at radius 3 is 2.60 bits per heavy atom. The molecule has 1 aromatic carbocycles. The maximum atomic E-state index is 13.4. The van der Waals surface area contributed by atoms with E-state index < -0.39 is 23.6 Å². The third-order valence-electron chi connectivity index (χ3n) is 2.72. The average molecular weight is 278 g/mol. The van der Waals surface area contributed by atoms with Crippen molar-refractivity contribution < 1.29 is 18.7 Å². The molecule has 2 aromatic rings. The molecule has 20 heavy (non-hydrogen) atoms. The third kappa shape index (κ3) is 3.36. The summed E-state index contributed by atoms with van der Waals surface area (Å²) in [5, 5.41) is 12.3. The van der Waals surface area contributed by atoms with Gasteiger partial charge in [0.05, 0.1) is 6.10 Å². The summed E-state index contributed by atoms with van der Waals surface area (Å²) in [6, 6.07) is 5.91. The zero-order valence-electron chi connectivity index (χ0n) is 10.4. The number of carbonyl (C=O) groups is 1. The Morgan fingerprint density at radius 1 is 1.25 bits per heavy atom. The number of hydrogen-bond donors (Lipinski definition) is 2. The van der Waals surface area contributed by atoms with Gasteiger partial charge in [0.25, 0.3) is 5.91 Å². The van der Waals surface area contributed by atoms with Gasteiger partial charge < -0.3 is 10.4 Å². The van der Waals surface area contributed by atoms with Crippen LogP contribution in [0.25, 0.3) is 0 Å². The number of pyridine rings is 1. The van der Waals surface area contributed by atoms with Crippen LogP contribution < -0.4 is 5.32 Å². The number of amides is 1. The molecular formula is C14H12F2N2O2. The molecule has 2 N–H and O–H groups in total. The number of carbonyl (C=O) groups excluding carboxylic acids is 1. The van der Waals surface area contributed by atoms with Crippen LogP contribution in [0.15, 0.2) is 42.7 Å². The molecule has 4 nitrogen and oxygen atoms in total. The smallest absolute Gasteiger partial charge is 0.251 e. The van der Waals surface area contributed by atoms with Crippen LogP contribution in [0.3, 0.4) is 0 Å². The van der Waals surface area contributed by atoms with Gasteiger partial charge in [0.1, 0.15) is 11.6 Å². The zero-order valence-corrected chi connectivity index (χ0v) is 10.4. The summed E-state index contributed by atoms with van der Waals surface area (Å²) in [6.45, 7) is -0.177. The maximum absolute atomic E-state index is 13.4. The molecule has 0 bridgehead atoms. The minimum absolute atomic E-state index is 0.0681. The van der Waals surface area contributed by atoms with Gasteiger partial charge in [0.2, 0.25) is 0 Å². The highest BCUT2D eigenvalue weighted by Gasteiger charge is 2.15. The lowest BCUT2D eigenvalue weighted by molar-refractivity contribution is 0.0914. The monoisotopic (exact) mass is 278 g/mol. The van der Waals surface area contributed by atoms with Crippen molar-refractivity contribution in [3.05, 3.63) is 65.5 Å². The summed E-state index contributed by atoms with van der Waals surface area (Å²) < 4.78 is 26.2. The highest BCUT2D eigenvalue weighted by molar-refractivity contribution is 5.93. The first-order valence-electron chi connectivity index (χ1n) is 5.89. The van der Waals surface area contributed by atoms with Crippen LogP contribution in [-0.4, -0.2) is 22.5 Å². The topological polar surface area (TPSA) is 62.2 Å². The van der Waals surface area contributed by atoms with E-state index in [9.17, 15) is 18.7 Å². The number of aliphatic hydroxyl groups excluding tert-OH is 1. The summed E-state index contributed by atoms with van der Waals surface area (Å²) in [5.41, 5.74) is 0.313. The first-order valence-corrected chi connectivity index (χ1v) is 5.89. The quantitative estimate of drug-likeness (QED) is 0.896. The molecule has 2 rings (SSSR count). The molecule has 0 unspecified atom stereocenters. The average Bonchev–Trinajstić information content (AvgIpc) is 2.45. The van der Waals surface area contributed by atoms with Crippen LogP contribution in [0, 0.1) is 11.6 Å². The SMILES string of the molecule is O=C(NC[C@H](O)c1ccc(F)cc1F)c1ccncc1. The molecule has 0 aliphatic rings. The van der Waals surface area contributed by atoms with Crippen molar-refractivity contribution in [2.24, 2.45) is 0 Å². The Kier molecular flexibility index (Phi) is 4.37. The van der Waals surface area contributed by atoms with Crippen molar-refractivity contribution in [3.8, 4) is 0 Å². The summed E-state index contributed by atoms with van der Waals surface area (Å²) in [5.74, 6) is -1.98. The molecule has 0 saturated carbocycles. The van der Waals surface area contributed by atoms with E-state index >= 15 is 0 Å². The van der Waals surface area contributed by atoms with Gasteiger partial charge >= 0.3 is 0 Å². The predicted octanol–water partition coefficient (Wildman–Crippen LogP) is 1.82.